The molecule has 0 saturated carbocycles. The van der Waals surface area contributed by atoms with E-state index in [1.165, 1.54) is 10.4 Å². The molecule has 0 unspecified atom stereocenters. The molecule has 0 bridgehead atoms. The first-order valence-corrected chi connectivity index (χ1v) is 8.31. The van der Waals surface area contributed by atoms with Crippen LogP contribution in [0.25, 0.3) is 10.9 Å². The highest BCUT2D eigenvalue weighted by molar-refractivity contribution is 7.09. The minimum Gasteiger partial charge on any atom is -0.356 e. The number of carbonyl (C=O) groups excluding carboxylic acids is 1. The van der Waals surface area contributed by atoms with Crippen LogP contribution in [0.1, 0.15) is 16.9 Å². The molecule has 0 aliphatic rings. The number of fused-ring (bicyclic) bond motifs is 1. The second-order valence-electron chi connectivity index (χ2n) is 5.36. The van der Waals surface area contributed by atoms with Crippen LogP contribution in [0, 0.1) is 6.92 Å². The molecule has 4 nitrogen and oxygen atoms in total. The molecule has 114 valence electrons. The van der Waals surface area contributed by atoms with Crippen LogP contribution in [0.2, 0.25) is 0 Å². The predicted octanol–water partition coefficient (Wildman–Crippen LogP) is 3.16. The van der Waals surface area contributed by atoms with Gasteiger partial charge in [-0.05, 0) is 36.9 Å². The zero-order valence-corrected chi connectivity index (χ0v) is 13.4. The number of nitrogens with zero attached hydrogens (tertiary/aromatic N) is 2. The third-order valence-corrected chi connectivity index (χ3v) is 4.56. The van der Waals surface area contributed by atoms with E-state index in [0.29, 0.717) is 19.5 Å². The molecule has 0 spiro atoms. The van der Waals surface area contributed by atoms with Gasteiger partial charge in [-0.3, -0.25) is 9.48 Å². The Kier molecular flexibility index (Phi) is 4.53. The Morgan fingerprint density at radius 3 is 3.09 bits per heavy atom. The van der Waals surface area contributed by atoms with Gasteiger partial charge < -0.3 is 5.32 Å². The number of amides is 1. The molecule has 1 aromatic carbocycles. The highest BCUT2D eigenvalue weighted by Gasteiger charge is 2.06. The highest BCUT2D eigenvalue weighted by atomic mass is 32.1. The third-order valence-electron chi connectivity index (χ3n) is 3.62. The molecule has 3 aromatic rings. The first kappa shape index (κ1) is 14.8. The third kappa shape index (κ3) is 3.54. The van der Waals surface area contributed by atoms with Crippen molar-refractivity contribution >= 4 is 28.1 Å². The number of rotatable bonds is 6. The van der Waals surface area contributed by atoms with Crippen LogP contribution in [-0.2, 0) is 17.8 Å². The Labute approximate surface area is 133 Å². The molecular formula is C17H19N3OS. The smallest absolute Gasteiger partial charge is 0.221 e. The molecule has 0 aliphatic heterocycles. The molecule has 3 rings (SSSR count). The highest BCUT2D eigenvalue weighted by Crippen LogP contribution is 2.15. The normalized spacial score (nSPS) is 11.0. The maximum Gasteiger partial charge on any atom is 0.221 e. The minimum atomic E-state index is 0.0762. The number of hydrogen-bond donors (Lipinski definition) is 1. The molecule has 0 fully saturated rings. The summed E-state index contributed by atoms with van der Waals surface area (Å²) in [6, 6.07) is 10.4. The molecule has 0 atom stereocenters. The van der Waals surface area contributed by atoms with Crippen LogP contribution >= 0.6 is 11.3 Å². The van der Waals surface area contributed by atoms with Crippen LogP contribution in [0.3, 0.4) is 0 Å². The average Bonchev–Trinajstić information content (AvgIpc) is 3.14. The number of aryl methyl sites for hydroxylation is 2. The molecule has 0 radical (unpaired) electrons. The minimum absolute atomic E-state index is 0.0762. The van der Waals surface area contributed by atoms with Gasteiger partial charge in [-0.15, -0.1) is 11.3 Å². The second-order valence-corrected chi connectivity index (χ2v) is 6.39. The van der Waals surface area contributed by atoms with E-state index in [2.05, 4.69) is 47.0 Å². The van der Waals surface area contributed by atoms with E-state index in [-0.39, 0.29) is 5.91 Å². The van der Waals surface area contributed by atoms with Crippen LogP contribution in [0.4, 0.5) is 0 Å². The fraction of sp³-hybridized carbons (Fsp3) is 0.294. The lowest BCUT2D eigenvalue weighted by Gasteiger charge is -2.06. The largest absolute Gasteiger partial charge is 0.356 e. The Morgan fingerprint density at radius 1 is 1.36 bits per heavy atom. The summed E-state index contributed by atoms with van der Waals surface area (Å²) in [4.78, 5) is 13.2. The van der Waals surface area contributed by atoms with Gasteiger partial charge in [0, 0.05) is 23.2 Å². The van der Waals surface area contributed by atoms with Crippen molar-refractivity contribution in [1.29, 1.82) is 0 Å². The molecule has 0 aliphatic carbocycles. The first-order valence-electron chi connectivity index (χ1n) is 7.43. The lowest BCUT2D eigenvalue weighted by molar-refractivity contribution is -0.121. The molecule has 5 heteroatoms. The standard InChI is InChI=1S/C17H19N3OS/c1-13-4-5-16-14(11-13)12-19-20(16)9-7-17(21)18-8-6-15-3-2-10-22-15/h2-5,10-12H,6-9H2,1H3,(H,18,21). The quantitative estimate of drug-likeness (QED) is 0.760. The second kappa shape index (κ2) is 6.75. The Morgan fingerprint density at radius 2 is 2.27 bits per heavy atom. The molecule has 1 amide bonds. The number of carbonyl (C=O) groups is 1. The predicted molar refractivity (Wildman–Crippen MR) is 90.1 cm³/mol. The van der Waals surface area contributed by atoms with Gasteiger partial charge in [-0.1, -0.05) is 17.7 Å². The van der Waals surface area contributed by atoms with Gasteiger partial charge in [0.1, 0.15) is 0 Å². The molecule has 1 N–H and O–H groups in total. The summed E-state index contributed by atoms with van der Waals surface area (Å²) in [6.07, 6.45) is 3.21. The molecular weight excluding hydrogens is 294 g/mol. The number of benzene rings is 1. The number of nitrogens with one attached hydrogen (secondary N) is 1. The summed E-state index contributed by atoms with van der Waals surface area (Å²) in [5.41, 5.74) is 2.30. The SMILES string of the molecule is Cc1ccc2c(cnn2CCC(=O)NCCc2cccs2)c1. The molecule has 2 aromatic heterocycles. The van der Waals surface area contributed by atoms with Crippen molar-refractivity contribution in [1.82, 2.24) is 15.1 Å². The van der Waals surface area contributed by atoms with Crippen LogP contribution < -0.4 is 5.32 Å². The summed E-state index contributed by atoms with van der Waals surface area (Å²) in [6.45, 7) is 3.37. The van der Waals surface area contributed by atoms with Crippen LogP contribution in [0.15, 0.2) is 41.9 Å². The van der Waals surface area contributed by atoms with Crippen molar-refractivity contribution in [2.75, 3.05) is 6.54 Å². The van der Waals surface area contributed by atoms with E-state index in [9.17, 15) is 4.79 Å². The van der Waals surface area contributed by atoms with Gasteiger partial charge in [0.15, 0.2) is 0 Å². The summed E-state index contributed by atoms with van der Waals surface area (Å²) in [5, 5.41) is 10.5. The van der Waals surface area contributed by atoms with E-state index in [4.69, 9.17) is 0 Å². The van der Waals surface area contributed by atoms with E-state index in [1.807, 2.05) is 16.9 Å². The van der Waals surface area contributed by atoms with Crippen molar-refractivity contribution in [2.45, 2.75) is 26.3 Å². The summed E-state index contributed by atoms with van der Waals surface area (Å²) in [5.74, 6) is 0.0762. The lowest BCUT2D eigenvalue weighted by Crippen LogP contribution is -2.26. The average molecular weight is 313 g/mol. The monoisotopic (exact) mass is 313 g/mol. The molecule has 0 saturated heterocycles. The number of hydrogen-bond acceptors (Lipinski definition) is 3. The van der Waals surface area contributed by atoms with Crippen molar-refractivity contribution < 1.29 is 4.79 Å². The Balaban J connectivity index is 1.49. The number of thiophene rings is 1. The van der Waals surface area contributed by atoms with Crippen molar-refractivity contribution in [2.24, 2.45) is 0 Å². The van der Waals surface area contributed by atoms with Crippen LogP contribution in [0.5, 0.6) is 0 Å². The zero-order valence-electron chi connectivity index (χ0n) is 12.6. The van der Waals surface area contributed by atoms with E-state index >= 15 is 0 Å². The molecule has 22 heavy (non-hydrogen) atoms. The van der Waals surface area contributed by atoms with Gasteiger partial charge in [-0.25, -0.2) is 0 Å². The maximum absolute atomic E-state index is 11.9. The van der Waals surface area contributed by atoms with Gasteiger partial charge in [0.05, 0.1) is 18.3 Å². The summed E-state index contributed by atoms with van der Waals surface area (Å²) in [7, 11) is 0. The summed E-state index contributed by atoms with van der Waals surface area (Å²) < 4.78 is 1.90. The van der Waals surface area contributed by atoms with E-state index in [1.54, 1.807) is 11.3 Å². The van der Waals surface area contributed by atoms with Crippen molar-refractivity contribution in [3.8, 4) is 0 Å². The van der Waals surface area contributed by atoms with Gasteiger partial charge in [-0.2, -0.15) is 5.10 Å². The van der Waals surface area contributed by atoms with Crippen molar-refractivity contribution in [3.05, 3.63) is 52.3 Å². The van der Waals surface area contributed by atoms with Gasteiger partial charge in [0.25, 0.3) is 0 Å². The topological polar surface area (TPSA) is 46.9 Å². The maximum atomic E-state index is 11.9. The first-order chi connectivity index (χ1) is 10.7. The van der Waals surface area contributed by atoms with Crippen LogP contribution in [-0.4, -0.2) is 22.2 Å². The van der Waals surface area contributed by atoms with Gasteiger partial charge in [0.2, 0.25) is 5.91 Å². The van der Waals surface area contributed by atoms with E-state index in [0.717, 1.165) is 17.3 Å². The lowest BCUT2D eigenvalue weighted by atomic mass is 10.2. The van der Waals surface area contributed by atoms with E-state index < -0.39 is 0 Å². The Hall–Kier alpha value is -2.14. The Bertz CT molecular complexity index is 761. The van der Waals surface area contributed by atoms with Gasteiger partial charge >= 0.3 is 0 Å². The zero-order chi connectivity index (χ0) is 15.4. The number of aromatic nitrogens is 2. The molecule has 2 heterocycles. The fourth-order valence-corrected chi connectivity index (χ4v) is 3.17. The summed E-state index contributed by atoms with van der Waals surface area (Å²) >= 11 is 1.72. The van der Waals surface area contributed by atoms with Crippen molar-refractivity contribution in [3.63, 3.8) is 0 Å². The fourth-order valence-electron chi connectivity index (χ4n) is 2.46.